The third kappa shape index (κ3) is 5.66. The number of hydrogen-bond donors (Lipinski definition) is 0. The van der Waals surface area contributed by atoms with E-state index in [1.807, 2.05) is 48.2 Å². The predicted molar refractivity (Wildman–Crippen MR) is 132 cm³/mol. The molecule has 0 saturated heterocycles. The summed E-state index contributed by atoms with van der Waals surface area (Å²) in [7, 11) is -3.64. The van der Waals surface area contributed by atoms with Crippen LogP contribution in [0.25, 0.3) is 0 Å². The maximum absolute atomic E-state index is 13.3. The molecule has 0 saturated carbocycles. The average molecular weight is 479 g/mol. The maximum Gasteiger partial charge on any atom is 0.243 e. The number of benzene rings is 3. The van der Waals surface area contributed by atoms with Crippen molar-refractivity contribution >= 4 is 15.9 Å². The Hall–Kier alpha value is -3.16. The van der Waals surface area contributed by atoms with Crippen molar-refractivity contribution in [3.05, 3.63) is 95.1 Å². The summed E-state index contributed by atoms with van der Waals surface area (Å²) < 4.78 is 33.8. The molecular weight excluding hydrogens is 448 g/mol. The van der Waals surface area contributed by atoms with Crippen LogP contribution in [0, 0.1) is 6.92 Å². The quantitative estimate of drug-likeness (QED) is 0.511. The molecule has 0 unspecified atom stereocenters. The normalized spacial score (nSPS) is 14.1. The highest BCUT2D eigenvalue weighted by Gasteiger charge is 2.28. The number of nitrogens with zero attached hydrogens (tertiary/aromatic N) is 2. The Labute approximate surface area is 201 Å². The monoisotopic (exact) mass is 478 g/mol. The fourth-order valence-electron chi connectivity index (χ4n) is 4.06. The number of carbonyl (C=O) groups is 1. The minimum Gasteiger partial charge on any atom is -0.492 e. The standard InChI is InChI=1S/C27H30N2O4S/c1-21-8-11-26(12-9-21)34(31,32)29-16-17-33-27-13-10-24(18-25(27)20-29)19-28(22(2)30)15-14-23-6-4-3-5-7-23/h3-13,18H,14-17,19-20H2,1-2H3. The van der Waals surface area contributed by atoms with Crippen LogP contribution in [0.4, 0.5) is 0 Å². The van der Waals surface area contributed by atoms with Gasteiger partial charge in [-0.2, -0.15) is 4.31 Å². The van der Waals surface area contributed by atoms with Crippen LogP contribution < -0.4 is 4.74 Å². The fraction of sp³-hybridized carbons (Fsp3) is 0.296. The average Bonchev–Trinajstić information content (AvgIpc) is 3.05. The molecule has 0 N–H and O–H groups in total. The zero-order chi connectivity index (χ0) is 24.1. The Morgan fingerprint density at radius 2 is 1.74 bits per heavy atom. The van der Waals surface area contributed by atoms with Gasteiger partial charge in [-0.3, -0.25) is 4.79 Å². The number of aryl methyl sites for hydroxylation is 1. The molecule has 178 valence electrons. The van der Waals surface area contributed by atoms with Gasteiger partial charge in [-0.25, -0.2) is 8.42 Å². The van der Waals surface area contributed by atoms with E-state index in [2.05, 4.69) is 12.1 Å². The van der Waals surface area contributed by atoms with Crippen molar-refractivity contribution in [2.75, 3.05) is 19.7 Å². The topological polar surface area (TPSA) is 66.9 Å². The lowest BCUT2D eigenvalue weighted by atomic mass is 10.1. The zero-order valence-electron chi connectivity index (χ0n) is 19.6. The number of fused-ring (bicyclic) bond motifs is 1. The number of ether oxygens (including phenoxy) is 1. The summed E-state index contributed by atoms with van der Waals surface area (Å²) in [5.74, 6) is 0.690. The number of rotatable bonds is 7. The van der Waals surface area contributed by atoms with Crippen LogP contribution in [-0.4, -0.2) is 43.2 Å². The van der Waals surface area contributed by atoms with Gasteiger partial charge in [-0.05, 0) is 48.7 Å². The first-order valence-electron chi connectivity index (χ1n) is 11.4. The Morgan fingerprint density at radius 1 is 1.00 bits per heavy atom. The van der Waals surface area contributed by atoms with Crippen molar-refractivity contribution in [2.24, 2.45) is 0 Å². The van der Waals surface area contributed by atoms with Gasteiger partial charge >= 0.3 is 0 Å². The van der Waals surface area contributed by atoms with Gasteiger partial charge in [0.05, 0.1) is 4.90 Å². The van der Waals surface area contributed by atoms with Gasteiger partial charge in [0.25, 0.3) is 0 Å². The van der Waals surface area contributed by atoms with Crippen LogP contribution in [-0.2, 0) is 34.3 Å². The summed E-state index contributed by atoms with van der Waals surface area (Å²) in [4.78, 5) is 14.4. The SMILES string of the molecule is CC(=O)N(CCc1ccccc1)Cc1ccc2c(c1)CN(S(=O)(=O)c1ccc(C)cc1)CCO2. The molecule has 0 aromatic heterocycles. The van der Waals surface area contributed by atoms with Crippen molar-refractivity contribution in [1.29, 1.82) is 0 Å². The second-order valence-electron chi connectivity index (χ2n) is 8.62. The number of sulfonamides is 1. The molecule has 4 rings (SSSR count). The van der Waals surface area contributed by atoms with Gasteiger partial charge in [0.1, 0.15) is 12.4 Å². The van der Waals surface area contributed by atoms with Crippen molar-refractivity contribution < 1.29 is 17.9 Å². The first kappa shape index (κ1) is 24.0. The third-order valence-corrected chi connectivity index (χ3v) is 7.92. The van der Waals surface area contributed by atoms with E-state index >= 15 is 0 Å². The van der Waals surface area contributed by atoms with Gasteiger partial charge in [-0.1, -0.05) is 54.1 Å². The van der Waals surface area contributed by atoms with Crippen LogP contribution in [0.5, 0.6) is 5.75 Å². The van der Waals surface area contributed by atoms with Gasteiger partial charge in [0.2, 0.25) is 15.9 Å². The molecule has 34 heavy (non-hydrogen) atoms. The molecule has 1 amide bonds. The molecule has 1 heterocycles. The second-order valence-corrected chi connectivity index (χ2v) is 10.6. The zero-order valence-corrected chi connectivity index (χ0v) is 20.4. The fourth-order valence-corrected chi connectivity index (χ4v) is 5.47. The molecule has 0 radical (unpaired) electrons. The second kappa shape index (κ2) is 10.4. The lowest BCUT2D eigenvalue weighted by Crippen LogP contribution is -2.32. The minimum atomic E-state index is -3.64. The largest absolute Gasteiger partial charge is 0.492 e. The summed E-state index contributed by atoms with van der Waals surface area (Å²) in [6.45, 7) is 5.36. The Bertz CT molecular complexity index is 1240. The van der Waals surface area contributed by atoms with Crippen LogP contribution in [0.15, 0.2) is 77.7 Å². The minimum absolute atomic E-state index is 0.00528. The van der Waals surface area contributed by atoms with E-state index in [1.54, 1.807) is 31.2 Å². The molecule has 7 heteroatoms. The first-order valence-corrected chi connectivity index (χ1v) is 12.9. The molecule has 1 aliphatic rings. The van der Waals surface area contributed by atoms with E-state index < -0.39 is 10.0 Å². The van der Waals surface area contributed by atoms with Crippen LogP contribution in [0.1, 0.15) is 29.2 Å². The number of carbonyl (C=O) groups excluding carboxylic acids is 1. The molecule has 6 nitrogen and oxygen atoms in total. The highest BCUT2D eigenvalue weighted by molar-refractivity contribution is 7.89. The van der Waals surface area contributed by atoms with E-state index in [0.29, 0.717) is 18.8 Å². The Kier molecular flexibility index (Phi) is 7.34. The van der Waals surface area contributed by atoms with E-state index in [0.717, 1.165) is 23.1 Å². The molecule has 0 aliphatic carbocycles. The van der Waals surface area contributed by atoms with E-state index in [1.165, 1.54) is 9.87 Å². The smallest absolute Gasteiger partial charge is 0.243 e. The van der Waals surface area contributed by atoms with Gasteiger partial charge in [0, 0.05) is 38.7 Å². The Balaban J connectivity index is 1.51. The molecule has 3 aromatic rings. The maximum atomic E-state index is 13.3. The summed E-state index contributed by atoms with van der Waals surface area (Å²) >= 11 is 0. The number of amides is 1. The van der Waals surface area contributed by atoms with E-state index in [-0.39, 0.29) is 30.5 Å². The third-order valence-electron chi connectivity index (χ3n) is 6.06. The van der Waals surface area contributed by atoms with Crippen LogP contribution in [0.3, 0.4) is 0 Å². The highest BCUT2D eigenvalue weighted by atomic mass is 32.2. The lowest BCUT2D eigenvalue weighted by molar-refractivity contribution is -0.129. The molecule has 1 aliphatic heterocycles. The summed E-state index contributed by atoms with van der Waals surface area (Å²) in [6.07, 6.45) is 0.775. The molecule has 0 atom stereocenters. The van der Waals surface area contributed by atoms with Gasteiger partial charge < -0.3 is 9.64 Å². The van der Waals surface area contributed by atoms with Crippen LogP contribution in [0.2, 0.25) is 0 Å². The van der Waals surface area contributed by atoms with Crippen LogP contribution >= 0.6 is 0 Å². The van der Waals surface area contributed by atoms with Gasteiger partial charge in [0.15, 0.2) is 0 Å². The Morgan fingerprint density at radius 3 is 2.44 bits per heavy atom. The van der Waals surface area contributed by atoms with Crippen molar-refractivity contribution in [1.82, 2.24) is 9.21 Å². The molecular formula is C27H30N2O4S. The summed E-state index contributed by atoms with van der Waals surface area (Å²) in [6, 6.07) is 22.8. The van der Waals surface area contributed by atoms with E-state index in [9.17, 15) is 13.2 Å². The first-order chi connectivity index (χ1) is 16.3. The molecule has 0 spiro atoms. The summed E-state index contributed by atoms with van der Waals surface area (Å²) in [5, 5.41) is 0. The molecule has 3 aromatic carbocycles. The summed E-state index contributed by atoms with van der Waals surface area (Å²) in [5.41, 5.74) is 3.94. The van der Waals surface area contributed by atoms with E-state index in [4.69, 9.17) is 4.74 Å². The van der Waals surface area contributed by atoms with Crippen molar-refractivity contribution in [3.8, 4) is 5.75 Å². The van der Waals surface area contributed by atoms with Gasteiger partial charge in [-0.15, -0.1) is 0 Å². The lowest BCUT2D eigenvalue weighted by Gasteiger charge is -2.22. The van der Waals surface area contributed by atoms with Crippen molar-refractivity contribution in [3.63, 3.8) is 0 Å². The molecule has 0 fully saturated rings. The highest BCUT2D eigenvalue weighted by Crippen LogP contribution is 2.28. The van der Waals surface area contributed by atoms with Crippen molar-refractivity contribution in [2.45, 2.75) is 38.3 Å². The number of hydrogen-bond acceptors (Lipinski definition) is 4. The predicted octanol–water partition coefficient (Wildman–Crippen LogP) is 4.17. The molecule has 0 bridgehead atoms.